The number of nitriles is 1. The zero-order chi connectivity index (χ0) is 39.5. The van der Waals surface area contributed by atoms with Crippen LogP contribution in [0.25, 0.3) is 27.5 Å². The fourth-order valence-electron chi connectivity index (χ4n) is 7.66. The first-order valence-electron chi connectivity index (χ1n) is 19.3. The predicted octanol–water partition coefficient (Wildman–Crippen LogP) is 10.1. The zero-order valence-electron chi connectivity index (χ0n) is 32.7. The Kier molecular flexibility index (Phi) is 6.78. The van der Waals surface area contributed by atoms with Gasteiger partial charge in [0.2, 0.25) is 11.8 Å². The third-order valence-corrected chi connectivity index (χ3v) is 10.2. The van der Waals surface area contributed by atoms with Gasteiger partial charge in [-0.15, -0.1) is 0 Å². The zero-order valence-corrected chi connectivity index (χ0v) is 29.7. The first kappa shape index (κ1) is 29.0. The number of hydrogen-bond acceptors (Lipinski definition) is 9. The van der Waals surface area contributed by atoms with Crippen molar-refractivity contribution in [3.05, 3.63) is 151 Å². The molecule has 10 rings (SSSR count). The molecule has 10 heteroatoms. The smallest absolute Gasteiger partial charge is 0.219 e. The number of rotatable bonds is 7. The molecule has 8 aromatic rings. The highest BCUT2D eigenvalue weighted by atomic mass is 16.5. The maximum Gasteiger partial charge on any atom is 0.219 e. The average molecular weight is 722 g/mol. The first-order chi connectivity index (χ1) is 28.2. The minimum Gasteiger partial charge on any atom is -0.437 e. The molecule has 2 aliphatic heterocycles. The number of para-hydroxylation sites is 4. The molecule has 0 amide bonds. The lowest BCUT2D eigenvalue weighted by Crippen LogP contribution is -2.24. The second-order valence-corrected chi connectivity index (χ2v) is 13.4. The molecule has 0 unspecified atom stereocenters. The van der Waals surface area contributed by atoms with Crippen molar-refractivity contribution in [3.63, 3.8) is 0 Å². The van der Waals surface area contributed by atoms with E-state index < -0.39 is 6.98 Å². The van der Waals surface area contributed by atoms with Crippen molar-refractivity contribution in [1.29, 1.82) is 5.26 Å². The van der Waals surface area contributed by atoms with Gasteiger partial charge in [0.25, 0.3) is 0 Å². The van der Waals surface area contributed by atoms with Gasteiger partial charge in [0.05, 0.1) is 52.8 Å². The normalized spacial score (nSPS) is 14.4. The summed E-state index contributed by atoms with van der Waals surface area (Å²) < 4.78 is 39.8. The number of pyridine rings is 2. The lowest BCUT2D eigenvalue weighted by molar-refractivity contribution is 0.439. The molecule has 55 heavy (non-hydrogen) atoms. The van der Waals surface area contributed by atoms with E-state index in [1.54, 1.807) is 36.7 Å². The fraction of sp³-hybridized carbons (Fsp3) is 0.0889. The van der Waals surface area contributed by atoms with E-state index >= 15 is 0 Å². The predicted molar refractivity (Wildman–Crippen MR) is 218 cm³/mol. The Balaban J connectivity index is 1.22. The van der Waals surface area contributed by atoms with Crippen LogP contribution in [0.3, 0.4) is 0 Å². The van der Waals surface area contributed by atoms with Crippen molar-refractivity contribution in [2.24, 2.45) is 0 Å². The maximum atomic E-state index is 10.6. The molecule has 0 fully saturated rings. The highest BCUT2D eigenvalue weighted by Crippen LogP contribution is 2.46. The van der Waals surface area contributed by atoms with Crippen molar-refractivity contribution in [2.45, 2.75) is 0 Å². The maximum absolute atomic E-state index is 10.6. The first-order valence-corrected chi connectivity index (χ1v) is 17.8. The van der Waals surface area contributed by atoms with Gasteiger partial charge in [0, 0.05) is 76.9 Å². The Morgan fingerprint density at radius 1 is 0.582 bits per heavy atom. The van der Waals surface area contributed by atoms with E-state index in [9.17, 15) is 5.26 Å². The molecule has 0 saturated carbocycles. The quantitative estimate of drug-likeness (QED) is 0.160. The van der Waals surface area contributed by atoms with Gasteiger partial charge in [-0.05, 0) is 60.7 Å². The van der Waals surface area contributed by atoms with Crippen LogP contribution in [0.5, 0.6) is 23.3 Å². The van der Waals surface area contributed by atoms with Gasteiger partial charge in [-0.1, -0.05) is 48.5 Å². The third kappa shape index (κ3) is 5.40. The number of benzene rings is 5. The summed E-state index contributed by atoms with van der Waals surface area (Å²) in [4.78, 5) is 16.7. The summed E-state index contributed by atoms with van der Waals surface area (Å²) in [6, 6.07) is 45.2. The van der Waals surface area contributed by atoms with Crippen molar-refractivity contribution < 1.29 is 13.6 Å². The molecule has 0 aliphatic carbocycles. The number of anilines is 6. The summed E-state index contributed by atoms with van der Waals surface area (Å²) in [5.74, 6) is 1.14. The van der Waals surface area contributed by atoms with E-state index in [0.29, 0.717) is 29.8 Å². The standard InChI is InChI=1S/C45H34N8O2/c1-49-28-51(38-13-5-3-11-36(38)49)30-17-19-33-34-20-18-31(52-29-50(2)37-12-4-6-14-39(37)52)24-41(34)53(40(33)23-30)32-25-42(54-44-15-7-9-21-47-44)35(27-46)43(26-32)55-45-16-8-10-22-48-45/h3-26H,28-29H2,1-2H3/i1D3. The molecule has 10 nitrogen and oxygen atoms in total. The van der Waals surface area contributed by atoms with Crippen molar-refractivity contribution >= 4 is 55.9 Å². The Labute approximate surface area is 322 Å². The number of fused-ring (bicyclic) bond motifs is 5. The van der Waals surface area contributed by atoms with Crippen LogP contribution < -0.4 is 29.1 Å². The van der Waals surface area contributed by atoms with Crippen LogP contribution in [0.2, 0.25) is 0 Å². The molecular weight excluding hydrogens is 685 g/mol. The molecule has 0 atom stereocenters. The Morgan fingerprint density at radius 2 is 1.07 bits per heavy atom. The summed E-state index contributed by atoms with van der Waals surface area (Å²) in [6.45, 7) is -1.52. The van der Waals surface area contributed by atoms with Crippen LogP contribution in [-0.2, 0) is 0 Å². The summed E-state index contributed by atoms with van der Waals surface area (Å²) in [5, 5.41) is 12.6. The van der Waals surface area contributed by atoms with Crippen LogP contribution in [-0.4, -0.2) is 41.9 Å². The largest absolute Gasteiger partial charge is 0.437 e. The second kappa shape index (κ2) is 12.9. The number of aromatic nitrogens is 3. The molecule has 266 valence electrons. The molecule has 5 aromatic carbocycles. The van der Waals surface area contributed by atoms with E-state index in [0.717, 1.165) is 50.2 Å². The lowest BCUT2D eigenvalue weighted by Gasteiger charge is -2.21. The molecule has 2 aliphatic rings. The molecule has 3 aromatic heterocycles. The number of ether oxygens (including phenoxy) is 2. The topological polar surface area (TPSA) is 85.9 Å². The Bertz CT molecular complexity index is 2850. The van der Waals surface area contributed by atoms with E-state index in [1.165, 1.54) is 4.90 Å². The number of hydrogen-bond donors (Lipinski definition) is 0. The average Bonchev–Trinajstić information content (AvgIpc) is 3.91. The SMILES string of the molecule is [2H]C([2H])([2H])N1CN(c2ccc3c4ccc(N5CN(C)c6ccccc65)cc4n(-c4cc(Oc5ccccn5)c(C#N)c(Oc5ccccn5)c4)c3c2)c2ccccc21. The van der Waals surface area contributed by atoms with E-state index in [4.69, 9.17) is 13.6 Å². The highest BCUT2D eigenvalue weighted by Gasteiger charge is 2.28. The van der Waals surface area contributed by atoms with Gasteiger partial charge < -0.3 is 33.6 Å². The lowest BCUT2D eigenvalue weighted by atomic mass is 10.1. The van der Waals surface area contributed by atoms with Gasteiger partial charge in [-0.2, -0.15) is 5.26 Å². The van der Waals surface area contributed by atoms with Gasteiger partial charge in [0.15, 0.2) is 11.5 Å². The van der Waals surface area contributed by atoms with Crippen molar-refractivity contribution in [2.75, 3.05) is 47.0 Å². The van der Waals surface area contributed by atoms with Gasteiger partial charge in [-0.3, -0.25) is 0 Å². The number of nitrogens with zero attached hydrogens (tertiary/aromatic N) is 8. The summed E-state index contributed by atoms with van der Waals surface area (Å²) in [6.07, 6.45) is 3.26. The molecule has 5 heterocycles. The van der Waals surface area contributed by atoms with Crippen LogP contribution >= 0.6 is 0 Å². The minimum absolute atomic E-state index is 0.147. The molecule has 0 saturated heterocycles. The summed E-state index contributed by atoms with van der Waals surface area (Å²) >= 11 is 0. The summed E-state index contributed by atoms with van der Waals surface area (Å²) in [7, 11) is 2.09. The summed E-state index contributed by atoms with van der Waals surface area (Å²) in [5.41, 5.74) is 8.10. The van der Waals surface area contributed by atoms with Gasteiger partial charge in [-0.25, -0.2) is 9.97 Å². The van der Waals surface area contributed by atoms with Crippen LogP contribution in [0, 0.1) is 11.3 Å². The Morgan fingerprint density at radius 3 is 1.56 bits per heavy atom. The second-order valence-electron chi connectivity index (χ2n) is 13.4. The minimum atomic E-state index is -2.33. The molecule has 0 radical (unpaired) electrons. The van der Waals surface area contributed by atoms with Gasteiger partial charge >= 0.3 is 0 Å². The van der Waals surface area contributed by atoms with Crippen LogP contribution in [0.1, 0.15) is 9.68 Å². The van der Waals surface area contributed by atoms with Crippen LogP contribution in [0.4, 0.5) is 34.1 Å². The van der Waals surface area contributed by atoms with Crippen molar-refractivity contribution in [1.82, 2.24) is 14.5 Å². The third-order valence-electron chi connectivity index (χ3n) is 10.2. The molecule has 0 spiro atoms. The Hall–Kier alpha value is -7.51. The highest BCUT2D eigenvalue weighted by molar-refractivity contribution is 6.11. The molecular formula is C45H34N8O2. The van der Waals surface area contributed by atoms with E-state index in [1.807, 2.05) is 65.6 Å². The monoisotopic (exact) mass is 721 g/mol. The van der Waals surface area contributed by atoms with Crippen molar-refractivity contribution in [3.8, 4) is 35.0 Å². The fourth-order valence-corrected chi connectivity index (χ4v) is 7.66. The molecule has 0 bridgehead atoms. The van der Waals surface area contributed by atoms with E-state index in [2.05, 4.69) is 86.0 Å². The molecule has 0 N–H and O–H groups in total. The van der Waals surface area contributed by atoms with E-state index in [-0.39, 0.29) is 23.7 Å². The van der Waals surface area contributed by atoms with Gasteiger partial charge in [0.1, 0.15) is 11.6 Å². The van der Waals surface area contributed by atoms with Crippen LogP contribution in [0.15, 0.2) is 146 Å².